The second-order valence-electron chi connectivity index (χ2n) is 4.61. The summed E-state index contributed by atoms with van der Waals surface area (Å²) >= 11 is 0. The molecule has 1 unspecified atom stereocenters. The Labute approximate surface area is 90.6 Å². The van der Waals surface area contributed by atoms with Crippen LogP contribution >= 0.6 is 0 Å². The van der Waals surface area contributed by atoms with Crippen LogP contribution in [0.5, 0.6) is 0 Å². The van der Waals surface area contributed by atoms with Crippen LogP contribution in [0.25, 0.3) is 0 Å². The highest BCUT2D eigenvalue weighted by atomic mass is 16.5. The third-order valence-corrected chi connectivity index (χ3v) is 3.46. The van der Waals surface area contributed by atoms with E-state index >= 15 is 0 Å². The molecule has 1 aliphatic heterocycles. The molecule has 1 aromatic rings. The van der Waals surface area contributed by atoms with E-state index in [-0.39, 0.29) is 0 Å². The van der Waals surface area contributed by atoms with E-state index in [2.05, 4.69) is 29.6 Å². The van der Waals surface area contributed by atoms with Crippen molar-refractivity contribution >= 4 is 0 Å². The maximum Gasteiger partial charge on any atom is 0.0643 e. The molecule has 2 heteroatoms. The first-order chi connectivity index (χ1) is 7.42. The predicted octanol–water partition coefficient (Wildman–Crippen LogP) is 1.53. The Hall–Kier alpha value is -0.860. The normalized spacial score (nSPS) is 25.7. The highest BCUT2D eigenvalue weighted by molar-refractivity contribution is 5.30. The lowest BCUT2D eigenvalue weighted by molar-refractivity contribution is -0.0106. The van der Waals surface area contributed by atoms with Gasteiger partial charge in [-0.1, -0.05) is 24.3 Å². The zero-order chi connectivity index (χ0) is 10.1. The molecule has 1 saturated heterocycles. The van der Waals surface area contributed by atoms with Crippen LogP contribution in [0.4, 0.5) is 0 Å². The Bertz CT molecular complexity index is 346. The molecule has 1 heterocycles. The van der Waals surface area contributed by atoms with Crippen LogP contribution in [0.2, 0.25) is 0 Å². The molecule has 1 N–H and O–H groups in total. The number of benzene rings is 1. The Morgan fingerprint density at radius 1 is 1.07 bits per heavy atom. The first kappa shape index (κ1) is 9.37. The van der Waals surface area contributed by atoms with Crippen molar-refractivity contribution in [1.82, 2.24) is 5.32 Å². The molecule has 1 aliphatic carbocycles. The van der Waals surface area contributed by atoms with Gasteiger partial charge in [0.15, 0.2) is 0 Å². The van der Waals surface area contributed by atoms with E-state index in [1.54, 1.807) is 5.56 Å². The van der Waals surface area contributed by atoms with Crippen molar-refractivity contribution in [3.63, 3.8) is 0 Å². The van der Waals surface area contributed by atoms with E-state index in [1.165, 1.54) is 24.8 Å². The van der Waals surface area contributed by atoms with Gasteiger partial charge >= 0.3 is 0 Å². The Morgan fingerprint density at radius 2 is 1.87 bits per heavy atom. The molecule has 0 bridgehead atoms. The summed E-state index contributed by atoms with van der Waals surface area (Å²) in [6, 6.07) is 10.1. The maximum atomic E-state index is 5.18. The molecule has 2 nitrogen and oxygen atoms in total. The van der Waals surface area contributed by atoms with Crippen molar-refractivity contribution in [3.8, 4) is 0 Å². The van der Waals surface area contributed by atoms with Crippen LogP contribution in [0.3, 0.4) is 0 Å². The van der Waals surface area contributed by atoms with E-state index < -0.39 is 0 Å². The van der Waals surface area contributed by atoms with Gasteiger partial charge in [-0.2, -0.15) is 0 Å². The van der Waals surface area contributed by atoms with E-state index in [0.29, 0.717) is 12.1 Å². The molecule has 0 saturated carbocycles. The lowest BCUT2D eigenvalue weighted by Crippen LogP contribution is -2.51. The highest BCUT2D eigenvalue weighted by Gasteiger charge is 2.24. The summed E-state index contributed by atoms with van der Waals surface area (Å²) in [5.74, 6) is 0. The van der Waals surface area contributed by atoms with E-state index in [1.807, 2.05) is 0 Å². The van der Waals surface area contributed by atoms with Crippen LogP contribution in [-0.2, 0) is 17.6 Å². The minimum Gasteiger partial charge on any atom is -0.378 e. The van der Waals surface area contributed by atoms with Gasteiger partial charge in [-0.3, -0.25) is 0 Å². The average molecular weight is 203 g/mol. The maximum absolute atomic E-state index is 5.18. The van der Waals surface area contributed by atoms with Crippen LogP contribution < -0.4 is 5.32 Å². The van der Waals surface area contributed by atoms with Crippen molar-refractivity contribution in [2.75, 3.05) is 13.2 Å². The van der Waals surface area contributed by atoms with Crippen molar-refractivity contribution < 1.29 is 4.74 Å². The number of fused-ring (bicyclic) bond motifs is 1. The number of aryl methyl sites for hydroxylation is 1. The van der Waals surface area contributed by atoms with Crippen LogP contribution in [0.1, 0.15) is 17.5 Å². The monoisotopic (exact) mass is 203 g/mol. The summed E-state index contributed by atoms with van der Waals surface area (Å²) in [7, 11) is 0. The molecule has 15 heavy (non-hydrogen) atoms. The summed E-state index contributed by atoms with van der Waals surface area (Å²) in [4.78, 5) is 0. The first-order valence-electron chi connectivity index (χ1n) is 5.82. The van der Waals surface area contributed by atoms with Gasteiger partial charge in [-0.05, 0) is 30.4 Å². The molecule has 3 rings (SSSR count). The van der Waals surface area contributed by atoms with Crippen LogP contribution in [-0.4, -0.2) is 25.3 Å². The minimum atomic E-state index is 0.611. The number of hydrogen-bond acceptors (Lipinski definition) is 2. The Morgan fingerprint density at radius 3 is 2.60 bits per heavy atom. The zero-order valence-corrected chi connectivity index (χ0v) is 8.91. The molecule has 0 aromatic heterocycles. The highest BCUT2D eigenvalue weighted by Crippen LogP contribution is 2.21. The largest absolute Gasteiger partial charge is 0.378 e. The van der Waals surface area contributed by atoms with Crippen molar-refractivity contribution in [3.05, 3.63) is 35.4 Å². The van der Waals surface area contributed by atoms with Gasteiger partial charge in [0, 0.05) is 6.04 Å². The third kappa shape index (κ3) is 1.92. The second kappa shape index (κ2) is 3.95. The molecule has 80 valence electrons. The fourth-order valence-electron chi connectivity index (χ4n) is 2.51. The molecule has 1 fully saturated rings. The van der Waals surface area contributed by atoms with E-state index in [4.69, 9.17) is 4.74 Å². The molecule has 0 spiro atoms. The summed E-state index contributed by atoms with van der Waals surface area (Å²) in [6.45, 7) is 1.80. The van der Waals surface area contributed by atoms with Crippen LogP contribution in [0, 0.1) is 0 Å². The standard InChI is InChI=1S/C13H17NO/c1-2-4-11-7-12(6-5-10(11)3-1)14-13-8-15-9-13/h1-4,12-14H,5-9H2. The Kier molecular flexibility index (Phi) is 2.47. The van der Waals surface area contributed by atoms with Crippen molar-refractivity contribution in [2.45, 2.75) is 31.3 Å². The minimum absolute atomic E-state index is 0.611. The smallest absolute Gasteiger partial charge is 0.0643 e. The Balaban J connectivity index is 1.66. The lowest BCUT2D eigenvalue weighted by Gasteiger charge is -2.34. The molecule has 0 radical (unpaired) electrons. The topological polar surface area (TPSA) is 21.3 Å². The van der Waals surface area contributed by atoms with Gasteiger partial charge < -0.3 is 10.1 Å². The summed E-state index contributed by atoms with van der Waals surface area (Å²) in [6.07, 6.45) is 3.68. The zero-order valence-electron chi connectivity index (χ0n) is 8.91. The SMILES string of the molecule is c1ccc2c(c1)CCC(NC1COC1)C2. The van der Waals surface area contributed by atoms with E-state index in [9.17, 15) is 0 Å². The lowest BCUT2D eigenvalue weighted by atomic mass is 9.88. The molecular weight excluding hydrogens is 186 g/mol. The van der Waals surface area contributed by atoms with Gasteiger partial charge in [0.25, 0.3) is 0 Å². The average Bonchev–Trinajstić information content (AvgIpc) is 2.23. The summed E-state index contributed by atoms with van der Waals surface area (Å²) < 4.78 is 5.18. The van der Waals surface area contributed by atoms with E-state index in [0.717, 1.165) is 13.2 Å². The fourth-order valence-corrected chi connectivity index (χ4v) is 2.51. The number of hydrogen-bond donors (Lipinski definition) is 1. The molecule has 1 atom stereocenters. The van der Waals surface area contributed by atoms with Gasteiger partial charge in [-0.25, -0.2) is 0 Å². The summed E-state index contributed by atoms with van der Waals surface area (Å²) in [5.41, 5.74) is 3.07. The molecule has 0 amide bonds. The number of rotatable bonds is 2. The quantitative estimate of drug-likeness (QED) is 0.787. The second-order valence-corrected chi connectivity index (χ2v) is 4.61. The molecule has 2 aliphatic rings. The first-order valence-corrected chi connectivity index (χ1v) is 5.82. The number of nitrogens with one attached hydrogen (secondary N) is 1. The van der Waals surface area contributed by atoms with Crippen LogP contribution in [0.15, 0.2) is 24.3 Å². The van der Waals surface area contributed by atoms with Gasteiger partial charge in [0.05, 0.1) is 19.3 Å². The number of ether oxygens (including phenoxy) is 1. The van der Waals surface area contributed by atoms with Gasteiger partial charge in [0.1, 0.15) is 0 Å². The summed E-state index contributed by atoms with van der Waals surface area (Å²) in [5, 5.41) is 3.67. The fraction of sp³-hybridized carbons (Fsp3) is 0.538. The van der Waals surface area contributed by atoms with Gasteiger partial charge in [0.2, 0.25) is 0 Å². The van der Waals surface area contributed by atoms with Crippen molar-refractivity contribution in [1.29, 1.82) is 0 Å². The predicted molar refractivity (Wildman–Crippen MR) is 60.0 cm³/mol. The van der Waals surface area contributed by atoms with Crippen molar-refractivity contribution in [2.24, 2.45) is 0 Å². The molecule has 1 aromatic carbocycles. The molecular formula is C13H17NO. The third-order valence-electron chi connectivity index (χ3n) is 3.46. The van der Waals surface area contributed by atoms with Gasteiger partial charge in [-0.15, -0.1) is 0 Å².